The molecule has 2 heterocycles. The second-order valence-electron chi connectivity index (χ2n) is 5.91. The van der Waals surface area contributed by atoms with Crippen LogP contribution in [0.1, 0.15) is 48.3 Å². The van der Waals surface area contributed by atoms with Gasteiger partial charge in [0.05, 0.1) is 0 Å². The van der Waals surface area contributed by atoms with Gasteiger partial charge < -0.3 is 10.2 Å². The molecule has 0 fully saturated rings. The van der Waals surface area contributed by atoms with Gasteiger partial charge in [0.2, 0.25) is 0 Å². The van der Waals surface area contributed by atoms with Crippen LogP contribution in [0.15, 0.2) is 30.5 Å². The standard InChI is InChI=1S/C18H19F2N3O.C2H6/c1-21-18(24)15-6-5-12(10-22-15)13-8-11-4-3-7-23(2)16(11)9-14(13)17(19)20;1-2/h5-6,8-10,17H,3-4,7H2,1-2H3,(H,21,24);1-2H3. The van der Waals surface area contributed by atoms with Gasteiger partial charge in [-0.05, 0) is 42.2 Å². The number of nitrogens with zero attached hydrogens (tertiary/aromatic N) is 2. The van der Waals surface area contributed by atoms with E-state index in [2.05, 4.69) is 10.3 Å². The van der Waals surface area contributed by atoms with Crippen molar-refractivity contribution in [2.45, 2.75) is 33.1 Å². The summed E-state index contributed by atoms with van der Waals surface area (Å²) < 4.78 is 27.1. The lowest BCUT2D eigenvalue weighted by molar-refractivity contribution is 0.0958. The molecule has 3 rings (SSSR count). The van der Waals surface area contributed by atoms with Crippen molar-refractivity contribution < 1.29 is 13.6 Å². The van der Waals surface area contributed by atoms with Crippen LogP contribution in [0.5, 0.6) is 0 Å². The first-order valence-corrected chi connectivity index (χ1v) is 8.86. The average molecular weight is 361 g/mol. The van der Waals surface area contributed by atoms with Crippen molar-refractivity contribution in [2.75, 3.05) is 25.5 Å². The third kappa shape index (κ3) is 4.00. The molecule has 26 heavy (non-hydrogen) atoms. The third-order valence-electron chi connectivity index (χ3n) is 4.37. The largest absolute Gasteiger partial charge is 0.374 e. The summed E-state index contributed by atoms with van der Waals surface area (Å²) in [5.41, 5.74) is 3.27. The maximum Gasteiger partial charge on any atom is 0.269 e. The van der Waals surface area contributed by atoms with Gasteiger partial charge in [-0.3, -0.25) is 9.78 Å². The highest BCUT2D eigenvalue weighted by atomic mass is 19.3. The molecule has 140 valence electrons. The Hall–Kier alpha value is -2.50. The van der Waals surface area contributed by atoms with E-state index in [1.165, 1.54) is 13.2 Å². The number of amides is 1. The molecule has 0 bridgehead atoms. The van der Waals surface area contributed by atoms with Crippen LogP contribution in [0, 0.1) is 0 Å². The zero-order valence-electron chi connectivity index (χ0n) is 15.6. The van der Waals surface area contributed by atoms with Gasteiger partial charge in [-0.15, -0.1) is 0 Å². The highest BCUT2D eigenvalue weighted by Crippen LogP contribution is 2.38. The minimum Gasteiger partial charge on any atom is -0.374 e. The van der Waals surface area contributed by atoms with E-state index in [0.29, 0.717) is 11.1 Å². The molecule has 1 amide bonds. The number of aromatic nitrogens is 1. The predicted octanol–water partition coefficient (Wildman–Crippen LogP) is 4.45. The molecule has 6 heteroatoms. The number of hydrogen-bond donors (Lipinski definition) is 1. The maximum atomic E-state index is 13.6. The summed E-state index contributed by atoms with van der Waals surface area (Å²) in [7, 11) is 3.44. The highest BCUT2D eigenvalue weighted by molar-refractivity contribution is 5.92. The van der Waals surface area contributed by atoms with Crippen molar-refractivity contribution in [3.63, 3.8) is 0 Å². The van der Waals surface area contributed by atoms with E-state index in [9.17, 15) is 13.6 Å². The van der Waals surface area contributed by atoms with Gasteiger partial charge in [0.25, 0.3) is 12.3 Å². The van der Waals surface area contributed by atoms with E-state index in [-0.39, 0.29) is 17.2 Å². The summed E-state index contributed by atoms with van der Waals surface area (Å²) in [6.45, 7) is 4.87. The number of fused-ring (bicyclic) bond motifs is 1. The zero-order valence-corrected chi connectivity index (χ0v) is 15.6. The predicted molar refractivity (Wildman–Crippen MR) is 101 cm³/mol. The molecular formula is C20H25F2N3O. The van der Waals surface area contributed by atoms with Gasteiger partial charge >= 0.3 is 0 Å². The number of rotatable bonds is 3. The van der Waals surface area contributed by atoms with Crippen molar-refractivity contribution in [1.82, 2.24) is 10.3 Å². The molecule has 1 N–H and O–H groups in total. The van der Waals surface area contributed by atoms with E-state index >= 15 is 0 Å². The van der Waals surface area contributed by atoms with Gasteiger partial charge in [-0.25, -0.2) is 8.78 Å². The summed E-state index contributed by atoms with van der Waals surface area (Å²) in [5.74, 6) is -0.303. The molecule has 1 aliphatic rings. The molecule has 0 unspecified atom stereocenters. The van der Waals surface area contributed by atoms with Crippen LogP contribution in [0.3, 0.4) is 0 Å². The van der Waals surface area contributed by atoms with Gasteiger partial charge in [0, 0.05) is 43.7 Å². The van der Waals surface area contributed by atoms with Crippen molar-refractivity contribution in [3.8, 4) is 11.1 Å². The van der Waals surface area contributed by atoms with Crippen LogP contribution in [-0.2, 0) is 6.42 Å². The fourth-order valence-electron chi connectivity index (χ4n) is 3.08. The average Bonchev–Trinajstić information content (AvgIpc) is 2.68. The number of nitrogens with one attached hydrogen (secondary N) is 1. The van der Waals surface area contributed by atoms with Crippen molar-refractivity contribution in [3.05, 3.63) is 47.3 Å². The first kappa shape index (κ1) is 19.8. The maximum absolute atomic E-state index is 13.6. The Labute approximate surface area is 153 Å². The summed E-state index contributed by atoms with van der Waals surface area (Å²) in [4.78, 5) is 17.7. The topological polar surface area (TPSA) is 45.2 Å². The minimum atomic E-state index is -2.57. The van der Waals surface area contributed by atoms with Crippen molar-refractivity contribution in [2.24, 2.45) is 0 Å². The Kier molecular flexibility index (Phi) is 6.66. The van der Waals surface area contributed by atoms with E-state index in [1.807, 2.05) is 31.9 Å². The molecule has 0 saturated heterocycles. The SMILES string of the molecule is CC.CNC(=O)c1ccc(-c2cc3c(cc2C(F)F)N(C)CCC3)cn1. The number of aryl methyl sites for hydroxylation is 1. The van der Waals surface area contributed by atoms with Crippen molar-refractivity contribution in [1.29, 1.82) is 0 Å². The first-order valence-electron chi connectivity index (χ1n) is 8.86. The van der Waals surface area contributed by atoms with Gasteiger partial charge in [0.1, 0.15) is 5.69 Å². The van der Waals surface area contributed by atoms with E-state index < -0.39 is 6.43 Å². The summed E-state index contributed by atoms with van der Waals surface area (Å²) in [6.07, 6.45) is 0.786. The number of alkyl halides is 2. The summed E-state index contributed by atoms with van der Waals surface area (Å²) in [5, 5.41) is 2.49. The Morgan fingerprint density at radius 3 is 2.58 bits per heavy atom. The summed E-state index contributed by atoms with van der Waals surface area (Å²) in [6, 6.07) is 6.64. The number of carbonyl (C=O) groups excluding carboxylic acids is 1. The van der Waals surface area contributed by atoms with Crippen molar-refractivity contribution >= 4 is 11.6 Å². The Morgan fingerprint density at radius 1 is 1.27 bits per heavy atom. The first-order chi connectivity index (χ1) is 12.5. The molecular weight excluding hydrogens is 336 g/mol. The number of carbonyl (C=O) groups is 1. The lowest BCUT2D eigenvalue weighted by Gasteiger charge is -2.29. The number of anilines is 1. The Bertz CT molecular complexity index is 760. The minimum absolute atomic E-state index is 0.00278. The zero-order chi connectivity index (χ0) is 19.3. The molecule has 1 aromatic heterocycles. The van der Waals surface area contributed by atoms with Gasteiger partial charge in [-0.2, -0.15) is 0 Å². The van der Waals surface area contributed by atoms with Crippen LogP contribution in [0.4, 0.5) is 14.5 Å². The molecule has 1 aromatic carbocycles. The number of pyridine rings is 1. The fourth-order valence-corrected chi connectivity index (χ4v) is 3.08. The Morgan fingerprint density at radius 2 is 2.00 bits per heavy atom. The molecule has 0 atom stereocenters. The molecule has 0 radical (unpaired) electrons. The lowest BCUT2D eigenvalue weighted by Crippen LogP contribution is -2.25. The summed E-state index contributed by atoms with van der Waals surface area (Å²) >= 11 is 0. The second-order valence-corrected chi connectivity index (χ2v) is 5.91. The number of halogens is 2. The molecule has 0 saturated carbocycles. The van der Waals surface area contributed by atoms with Crippen LogP contribution in [-0.4, -0.2) is 31.5 Å². The Balaban J connectivity index is 0.00000117. The normalized spacial score (nSPS) is 13.0. The molecule has 2 aromatic rings. The number of benzene rings is 1. The van der Waals surface area contributed by atoms with Gasteiger partial charge in [-0.1, -0.05) is 19.9 Å². The van der Waals surface area contributed by atoms with Gasteiger partial charge in [0.15, 0.2) is 0 Å². The second kappa shape index (κ2) is 8.74. The van der Waals surface area contributed by atoms with E-state index in [0.717, 1.165) is 30.6 Å². The van der Waals surface area contributed by atoms with Crippen LogP contribution < -0.4 is 10.2 Å². The molecule has 0 aliphatic carbocycles. The van der Waals surface area contributed by atoms with Crippen LogP contribution in [0.25, 0.3) is 11.1 Å². The molecule has 1 aliphatic heterocycles. The molecule has 4 nitrogen and oxygen atoms in total. The lowest BCUT2D eigenvalue weighted by atomic mass is 9.93. The number of hydrogen-bond acceptors (Lipinski definition) is 3. The van der Waals surface area contributed by atoms with E-state index in [4.69, 9.17) is 0 Å². The molecule has 0 spiro atoms. The van der Waals surface area contributed by atoms with Crippen LogP contribution >= 0.6 is 0 Å². The van der Waals surface area contributed by atoms with Crippen LogP contribution in [0.2, 0.25) is 0 Å². The quantitative estimate of drug-likeness (QED) is 0.878. The third-order valence-corrected chi connectivity index (χ3v) is 4.37. The monoisotopic (exact) mass is 361 g/mol. The smallest absolute Gasteiger partial charge is 0.269 e. The fraction of sp³-hybridized carbons (Fsp3) is 0.400. The van der Waals surface area contributed by atoms with E-state index in [1.54, 1.807) is 18.2 Å². The highest BCUT2D eigenvalue weighted by Gasteiger charge is 2.22.